The maximum Gasteiger partial charge on any atom is 0.281 e. The minimum atomic E-state index is -2.00. The second kappa shape index (κ2) is 9.39. The molecular weight excluding hydrogens is 534 g/mol. The monoisotopic (exact) mass is 575 g/mol. The number of carbonyl (C=O) groups is 3. The zero-order valence-corrected chi connectivity index (χ0v) is 25.0. The molecule has 4 unspecified atom stereocenters. The van der Waals surface area contributed by atoms with E-state index in [-0.39, 0.29) is 23.8 Å². The molecule has 6 atom stereocenters. The fraction of sp³-hybridized carbons (Fsp3) is 0.594. The molecule has 10 heteroatoms. The molecule has 0 saturated carbocycles. The fourth-order valence-electron chi connectivity index (χ4n) is 8.10. The zero-order valence-electron chi connectivity index (χ0n) is 25.0. The second-order valence-electron chi connectivity index (χ2n) is 13.6. The Labute approximate surface area is 246 Å². The van der Waals surface area contributed by atoms with Crippen molar-refractivity contribution in [2.75, 3.05) is 20.1 Å². The van der Waals surface area contributed by atoms with Gasteiger partial charge in [-0.15, -0.1) is 0 Å². The van der Waals surface area contributed by atoms with Crippen molar-refractivity contribution in [3.63, 3.8) is 0 Å². The predicted octanol–water partition coefficient (Wildman–Crippen LogP) is 2.43. The van der Waals surface area contributed by atoms with E-state index in [4.69, 9.17) is 4.74 Å². The number of nitrogens with zero attached hydrogens (tertiary/aromatic N) is 3. The maximum atomic E-state index is 14.4. The van der Waals surface area contributed by atoms with Crippen molar-refractivity contribution in [3.05, 3.63) is 41.6 Å². The number of aromatic nitrogens is 1. The smallest absolute Gasteiger partial charge is 0.281 e. The quantitative estimate of drug-likeness (QED) is 0.504. The van der Waals surface area contributed by atoms with Crippen molar-refractivity contribution in [3.8, 4) is 0 Å². The zero-order chi connectivity index (χ0) is 29.7. The molecule has 2 aromatic rings. The number of carbonyl (C=O) groups excluding carboxylic acids is 3. The van der Waals surface area contributed by atoms with Crippen LogP contribution >= 0.6 is 0 Å². The number of likely N-dealkylation sites (N-methyl/N-ethyl adjacent to an activating group) is 1. The molecule has 4 aliphatic heterocycles. The molecule has 3 N–H and O–H groups in total. The molecule has 0 spiro atoms. The van der Waals surface area contributed by atoms with Crippen LogP contribution in [-0.2, 0) is 25.5 Å². The van der Waals surface area contributed by atoms with Gasteiger partial charge in [0.05, 0.1) is 5.92 Å². The highest BCUT2D eigenvalue weighted by Crippen LogP contribution is 2.48. The molecule has 3 fully saturated rings. The van der Waals surface area contributed by atoms with Crippen LogP contribution in [0.15, 0.2) is 30.5 Å². The molecule has 3 amide bonds. The first-order valence-electron chi connectivity index (χ1n) is 15.4. The Morgan fingerprint density at radius 3 is 2.76 bits per heavy atom. The van der Waals surface area contributed by atoms with Crippen molar-refractivity contribution < 1.29 is 24.2 Å². The Balaban J connectivity index is 1.24. The van der Waals surface area contributed by atoms with Crippen LogP contribution in [0.25, 0.3) is 16.5 Å². The van der Waals surface area contributed by atoms with E-state index in [0.717, 1.165) is 29.5 Å². The minimum absolute atomic E-state index is 0.108. The number of piperazine rings is 1. The first-order chi connectivity index (χ1) is 20.0. The summed E-state index contributed by atoms with van der Waals surface area (Å²) >= 11 is 0. The highest BCUT2D eigenvalue weighted by molar-refractivity contribution is 6.01. The van der Waals surface area contributed by atoms with Gasteiger partial charge in [-0.25, -0.2) is 0 Å². The van der Waals surface area contributed by atoms with E-state index in [0.29, 0.717) is 25.9 Å². The van der Waals surface area contributed by atoms with Crippen molar-refractivity contribution in [2.45, 2.75) is 83.1 Å². The lowest BCUT2D eigenvalue weighted by molar-refractivity contribution is -0.322. The van der Waals surface area contributed by atoms with Gasteiger partial charge in [0.15, 0.2) is 0 Å². The molecular formula is C32H41N5O5. The molecule has 5 heterocycles. The first-order valence-corrected chi connectivity index (χ1v) is 15.4. The van der Waals surface area contributed by atoms with E-state index in [2.05, 4.69) is 33.5 Å². The average Bonchev–Trinajstić information content (AvgIpc) is 3.65. The van der Waals surface area contributed by atoms with E-state index in [9.17, 15) is 19.5 Å². The van der Waals surface area contributed by atoms with Crippen LogP contribution in [0, 0.1) is 17.8 Å². The third-order valence-electron chi connectivity index (χ3n) is 10.2. The Kier molecular flexibility index (Phi) is 6.18. The average molecular weight is 576 g/mol. The minimum Gasteiger partial charge on any atom is -0.361 e. The van der Waals surface area contributed by atoms with Gasteiger partial charge >= 0.3 is 0 Å². The molecule has 0 bridgehead atoms. The van der Waals surface area contributed by atoms with Gasteiger partial charge in [0.25, 0.3) is 11.8 Å². The van der Waals surface area contributed by atoms with Gasteiger partial charge < -0.3 is 20.3 Å². The third-order valence-corrected chi connectivity index (χ3v) is 10.2. The molecule has 5 aliphatic rings. The lowest BCUT2D eigenvalue weighted by Gasteiger charge is -2.49. The standard InChI is InChI=1S/C32H41N5O5/c1-17(2)12-25-29(39)36-11-7-10-26(36)32(41)37(25)30(40)31(42-32,18(3)4)34-28(38)20-13-22-21-8-6-9-23-27(21)19(15-33-23)14-24(22)35(5)16-20/h6,8-9,13,15,17-18,20,24-26,33,41H,7,10-12,14,16H2,1-5H3,(H,34,38)/t20?,24-,25?,26?,31-,32?/m1/s1. The first kappa shape index (κ1) is 27.6. The summed E-state index contributed by atoms with van der Waals surface area (Å²) in [5.41, 5.74) is 2.79. The van der Waals surface area contributed by atoms with E-state index >= 15 is 0 Å². The van der Waals surface area contributed by atoms with Gasteiger partial charge in [0, 0.05) is 42.1 Å². The van der Waals surface area contributed by atoms with Crippen molar-refractivity contribution >= 4 is 34.2 Å². The number of aliphatic hydroxyl groups is 1. The largest absolute Gasteiger partial charge is 0.361 e. The number of benzene rings is 1. The molecule has 3 saturated heterocycles. The number of ether oxygens (including phenoxy) is 1. The van der Waals surface area contributed by atoms with Gasteiger partial charge in [-0.3, -0.25) is 28.9 Å². The molecule has 1 aromatic heterocycles. The molecule has 1 aliphatic carbocycles. The highest BCUT2D eigenvalue weighted by Gasteiger charge is 2.72. The summed E-state index contributed by atoms with van der Waals surface area (Å²) in [7, 11) is 2.03. The predicted molar refractivity (Wildman–Crippen MR) is 156 cm³/mol. The highest BCUT2D eigenvalue weighted by atomic mass is 16.7. The third kappa shape index (κ3) is 3.70. The Hall–Kier alpha value is -3.21. The van der Waals surface area contributed by atoms with E-state index in [1.54, 1.807) is 4.90 Å². The van der Waals surface area contributed by atoms with Crippen molar-refractivity contribution in [1.82, 2.24) is 25.0 Å². The van der Waals surface area contributed by atoms with Crippen LogP contribution in [0.2, 0.25) is 0 Å². The number of aromatic amines is 1. The van der Waals surface area contributed by atoms with Crippen molar-refractivity contribution in [2.24, 2.45) is 17.8 Å². The summed E-state index contributed by atoms with van der Waals surface area (Å²) in [6.45, 7) is 8.60. The molecule has 42 heavy (non-hydrogen) atoms. The molecule has 1 aromatic carbocycles. The molecule has 0 radical (unpaired) electrons. The Bertz CT molecular complexity index is 1510. The SMILES string of the molecule is CC(C)CC1C(=O)N2CCCC2C2(O)O[C@](NC(=O)C3C=C4c5cccc6[nH]cc(c56)C[C@H]4N(C)C3)(C(C)C)C(=O)N12. The lowest BCUT2D eigenvalue weighted by Crippen LogP contribution is -2.71. The maximum absolute atomic E-state index is 14.4. The van der Waals surface area contributed by atoms with Gasteiger partial charge in [0.2, 0.25) is 17.5 Å². The Morgan fingerprint density at radius 2 is 2.02 bits per heavy atom. The van der Waals surface area contributed by atoms with Crippen LogP contribution in [0.5, 0.6) is 0 Å². The number of amides is 3. The molecule has 224 valence electrons. The van der Waals surface area contributed by atoms with E-state index in [1.807, 2.05) is 46.9 Å². The van der Waals surface area contributed by atoms with E-state index in [1.165, 1.54) is 15.8 Å². The number of hydrogen-bond acceptors (Lipinski definition) is 6. The van der Waals surface area contributed by atoms with E-state index < -0.39 is 41.5 Å². The summed E-state index contributed by atoms with van der Waals surface area (Å²) < 4.78 is 6.43. The Morgan fingerprint density at radius 1 is 1.24 bits per heavy atom. The van der Waals surface area contributed by atoms with Crippen LogP contribution in [0.1, 0.15) is 58.1 Å². The van der Waals surface area contributed by atoms with Gasteiger partial charge in [-0.05, 0) is 61.4 Å². The summed E-state index contributed by atoms with van der Waals surface area (Å²) in [4.78, 5) is 50.7. The summed E-state index contributed by atoms with van der Waals surface area (Å²) in [5, 5.41) is 16.3. The van der Waals surface area contributed by atoms with Crippen LogP contribution in [0.3, 0.4) is 0 Å². The topological polar surface area (TPSA) is 118 Å². The normalized spacial score (nSPS) is 34.2. The van der Waals surface area contributed by atoms with Gasteiger partial charge in [-0.2, -0.15) is 0 Å². The summed E-state index contributed by atoms with van der Waals surface area (Å²) in [6, 6.07) is 4.84. The van der Waals surface area contributed by atoms with Gasteiger partial charge in [0.1, 0.15) is 12.1 Å². The van der Waals surface area contributed by atoms with Crippen LogP contribution < -0.4 is 5.32 Å². The van der Waals surface area contributed by atoms with Crippen LogP contribution in [0.4, 0.5) is 0 Å². The molecule has 10 nitrogen and oxygen atoms in total. The summed E-state index contributed by atoms with van der Waals surface area (Å²) in [5.74, 6) is -3.97. The van der Waals surface area contributed by atoms with Crippen molar-refractivity contribution in [1.29, 1.82) is 0 Å². The van der Waals surface area contributed by atoms with Crippen LogP contribution in [-0.4, -0.2) is 92.4 Å². The number of rotatable bonds is 5. The molecule has 7 rings (SSSR count). The summed E-state index contributed by atoms with van der Waals surface area (Å²) in [6.07, 6.45) is 6.62. The number of fused-ring (bicyclic) bond motifs is 5. The fourth-order valence-corrected chi connectivity index (χ4v) is 8.10. The number of hydrogen-bond donors (Lipinski definition) is 3. The van der Waals surface area contributed by atoms with Gasteiger partial charge in [-0.1, -0.05) is 45.9 Å². The lowest BCUT2D eigenvalue weighted by atomic mass is 9.79. The number of H-pyrrole nitrogens is 1. The number of nitrogens with one attached hydrogen (secondary N) is 2. The second-order valence-corrected chi connectivity index (χ2v) is 13.6.